The van der Waals surface area contributed by atoms with Crippen LogP contribution in [0.15, 0.2) is 77.9 Å². The molecule has 0 radical (unpaired) electrons. The second kappa shape index (κ2) is 11.7. The van der Waals surface area contributed by atoms with E-state index in [9.17, 15) is 9.59 Å². The predicted octanol–water partition coefficient (Wildman–Crippen LogP) is 5.10. The van der Waals surface area contributed by atoms with Gasteiger partial charge < -0.3 is 10.1 Å². The highest BCUT2D eigenvalue weighted by Gasteiger charge is 2.09. The van der Waals surface area contributed by atoms with Gasteiger partial charge in [0.2, 0.25) is 11.8 Å². The molecule has 32 heavy (non-hydrogen) atoms. The van der Waals surface area contributed by atoms with E-state index in [1.807, 2.05) is 61.5 Å². The van der Waals surface area contributed by atoms with E-state index >= 15 is 0 Å². The molecule has 0 saturated heterocycles. The van der Waals surface area contributed by atoms with Crippen molar-refractivity contribution in [3.05, 3.63) is 94.5 Å². The molecule has 0 aromatic heterocycles. The van der Waals surface area contributed by atoms with Gasteiger partial charge in [0.25, 0.3) is 0 Å². The lowest BCUT2D eigenvalue weighted by Crippen LogP contribution is -2.20. The molecule has 164 valence electrons. The fraction of sp³-hybridized carbons (Fsp3) is 0.160. The van der Waals surface area contributed by atoms with E-state index in [1.54, 1.807) is 18.2 Å². The molecule has 3 aromatic rings. The number of hydrazone groups is 1. The number of carbonyl (C=O) groups excluding carboxylic acids is 2. The third-order valence-corrected chi connectivity index (χ3v) is 5.04. The van der Waals surface area contributed by atoms with Crippen LogP contribution < -0.4 is 15.5 Å². The molecule has 0 saturated carbocycles. The Labute approximate surface area is 192 Å². The van der Waals surface area contributed by atoms with Gasteiger partial charge >= 0.3 is 0 Å². The summed E-state index contributed by atoms with van der Waals surface area (Å²) in [4.78, 5) is 24.1. The lowest BCUT2D eigenvalue weighted by Gasteiger charge is -2.09. The Bertz CT molecular complexity index is 1100. The molecular formula is C25H24ClN3O3. The molecular weight excluding hydrogens is 426 g/mol. The van der Waals surface area contributed by atoms with Gasteiger partial charge in [-0.05, 0) is 47.9 Å². The molecule has 0 fully saturated rings. The van der Waals surface area contributed by atoms with Crippen molar-refractivity contribution < 1.29 is 14.3 Å². The Morgan fingerprint density at radius 3 is 2.53 bits per heavy atom. The van der Waals surface area contributed by atoms with Gasteiger partial charge in [0.15, 0.2) is 0 Å². The molecule has 3 aromatic carbocycles. The molecule has 0 spiro atoms. The number of hydrogen-bond acceptors (Lipinski definition) is 4. The number of hydrogen-bond donors (Lipinski definition) is 2. The van der Waals surface area contributed by atoms with Crippen molar-refractivity contribution in [2.24, 2.45) is 5.10 Å². The van der Waals surface area contributed by atoms with Gasteiger partial charge in [0.1, 0.15) is 12.4 Å². The molecule has 0 bridgehead atoms. The van der Waals surface area contributed by atoms with Crippen molar-refractivity contribution in [1.29, 1.82) is 0 Å². The second-order valence-electron chi connectivity index (χ2n) is 7.10. The van der Waals surface area contributed by atoms with Crippen molar-refractivity contribution in [2.75, 3.05) is 5.32 Å². The van der Waals surface area contributed by atoms with Crippen LogP contribution in [0.25, 0.3) is 0 Å². The molecule has 2 N–H and O–H groups in total. The maximum absolute atomic E-state index is 12.1. The largest absolute Gasteiger partial charge is 0.489 e. The standard InChI is InChI=1S/C25H24ClN3O3/c1-18-22(26)11-6-12-23(18)28-24(30)13-14-25(31)29-27-16-20-9-5-10-21(15-20)32-17-19-7-3-2-4-8-19/h2-12,15-16H,13-14,17H2,1H3,(H,28,30)(H,29,31)/b27-16-. The summed E-state index contributed by atoms with van der Waals surface area (Å²) in [5, 5.41) is 7.30. The Kier molecular flexibility index (Phi) is 8.40. The van der Waals surface area contributed by atoms with Crippen LogP contribution in [-0.2, 0) is 16.2 Å². The Morgan fingerprint density at radius 2 is 1.72 bits per heavy atom. The average molecular weight is 450 g/mol. The molecule has 7 heteroatoms. The molecule has 2 amide bonds. The fourth-order valence-electron chi connectivity index (χ4n) is 2.84. The van der Waals surface area contributed by atoms with Gasteiger partial charge in [0, 0.05) is 23.6 Å². The highest BCUT2D eigenvalue weighted by molar-refractivity contribution is 6.31. The number of nitrogens with one attached hydrogen (secondary N) is 2. The zero-order chi connectivity index (χ0) is 22.8. The van der Waals surface area contributed by atoms with E-state index in [2.05, 4.69) is 15.8 Å². The highest BCUT2D eigenvalue weighted by atomic mass is 35.5. The number of carbonyl (C=O) groups is 2. The van der Waals surface area contributed by atoms with Gasteiger partial charge in [0.05, 0.1) is 6.21 Å². The van der Waals surface area contributed by atoms with Crippen molar-refractivity contribution in [2.45, 2.75) is 26.4 Å². The number of amides is 2. The van der Waals surface area contributed by atoms with E-state index in [0.29, 0.717) is 23.1 Å². The number of ether oxygens (including phenoxy) is 1. The van der Waals surface area contributed by atoms with Crippen LogP contribution in [0, 0.1) is 6.92 Å². The predicted molar refractivity (Wildman–Crippen MR) is 127 cm³/mol. The van der Waals surface area contributed by atoms with E-state index in [4.69, 9.17) is 16.3 Å². The van der Waals surface area contributed by atoms with Gasteiger partial charge in [-0.25, -0.2) is 5.43 Å². The molecule has 0 aliphatic rings. The van der Waals surface area contributed by atoms with Crippen LogP contribution in [0.5, 0.6) is 5.75 Å². The Balaban J connectivity index is 1.42. The number of rotatable bonds is 9. The maximum Gasteiger partial charge on any atom is 0.240 e. The summed E-state index contributed by atoms with van der Waals surface area (Å²) in [6.45, 7) is 2.29. The molecule has 0 aliphatic heterocycles. The lowest BCUT2D eigenvalue weighted by atomic mass is 10.2. The van der Waals surface area contributed by atoms with Gasteiger partial charge in [-0.2, -0.15) is 5.10 Å². The maximum atomic E-state index is 12.1. The average Bonchev–Trinajstić information content (AvgIpc) is 2.80. The summed E-state index contributed by atoms with van der Waals surface area (Å²) in [5.41, 5.74) is 5.71. The molecule has 0 unspecified atom stereocenters. The number of nitrogens with zero attached hydrogens (tertiary/aromatic N) is 1. The van der Waals surface area contributed by atoms with Gasteiger partial charge in [-0.1, -0.05) is 60.1 Å². The minimum atomic E-state index is -0.351. The SMILES string of the molecule is Cc1c(Cl)cccc1NC(=O)CCC(=O)N/N=C\c1cccc(OCc2ccccc2)c1. The lowest BCUT2D eigenvalue weighted by molar-refractivity contribution is -0.124. The van der Waals surface area contributed by atoms with Crippen molar-refractivity contribution in [3.8, 4) is 5.75 Å². The van der Waals surface area contributed by atoms with Gasteiger partial charge in [-0.3, -0.25) is 9.59 Å². The zero-order valence-electron chi connectivity index (χ0n) is 17.7. The fourth-order valence-corrected chi connectivity index (χ4v) is 3.02. The Morgan fingerprint density at radius 1 is 0.969 bits per heavy atom. The van der Waals surface area contributed by atoms with Gasteiger partial charge in [-0.15, -0.1) is 0 Å². The molecule has 6 nitrogen and oxygen atoms in total. The van der Waals surface area contributed by atoms with E-state index in [0.717, 1.165) is 16.7 Å². The highest BCUT2D eigenvalue weighted by Crippen LogP contribution is 2.23. The van der Waals surface area contributed by atoms with Crippen LogP contribution in [0.2, 0.25) is 5.02 Å². The first kappa shape index (κ1) is 23.0. The summed E-state index contributed by atoms with van der Waals surface area (Å²) in [5.74, 6) is 0.0885. The summed E-state index contributed by atoms with van der Waals surface area (Å²) >= 11 is 6.05. The van der Waals surface area contributed by atoms with Crippen LogP contribution in [0.4, 0.5) is 5.69 Å². The molecule has 3 rings (SSSR count). The number of benzene rings is 3. The minimum Gasteiger partial charge on any atom is -0.489 e. The van der Waals surface area contributed by atoms with E-state index in [1.165, 1.54) is 6.21 Å². The Hall–Kier alpha value is -3.64. The first-order valence-corrected chi connectivity index (χ1v) is 10.5. The third-order valence-electron chi connectivity index (χ3n) is 4.63. The van der Waals surface area contributed by atoms with Crippen molar-refractivity contribution in [3.63, 3.8) is 0 Å². The van der Waals surface area contributed by atoms with Crippen LogP contribution in [-0.4, -0.2) is 18.0 Å². The minimum absolute atomic E-state index is 0.0169. The van der Waals surface area contributed by atoms with Crippen molar-refractivity contribution in [1.82, 2.24) is 5.43 Å². The monoisotopic (exact) mass is 449 g/mol. The summed E-state index contributed by atoms with van der Waals surface area (Å²) in [6.07, 6.45) is 1.59. The summed E-state index contributed by atoms with van der Waals surface area (Å²) in [7, 11) is 0. The normalized spacial score (nSPS) is 10.7. The van der Waals surface area contributed by atoms with Crippen LogP contribution >= 0.6 is 11.6 Å². The molecule has 0 heterocycles. The first-order chi connectivity index (χ1) is 15.5. The van der Waals surface area contributed by atoms with E-state index < -0.39 is 0 Å². The smallest absolute Gasteiger partial charge is 0.240 e. The quantitative estimate of drug-likeness (QED) is 0.352. The van der Waals surface area contributed by atoms with Crippen molar-refractivity contribution >= 4 is 35.3 Å². The molecule has 0 atom stereocenters. The first-order valence-electron chi connectivity index (χ1n) is 10.1. The molecule has 0 aliphatic carbocycles. The topological polar surface area (TPSA) is 79.8 Å². The zero-order valence-corrected chi connectivity index (χ0v) is 18.4. The summed E-state index contributed by atoms with van der Waals surface area (Å²) in [6, 6.07) is 22.6. The third kappa shape index (κ3) is 7.25. The van der Waals surface area contributed by atoms with E-state index in [-0.39, 0.29) is 24.7 Å². The second-order valence-corrected chi connectivity index (χ2v) is 7.51. The number of halogens is 1. The number of anilines is 1. The van der Waals surface area contributed by atoms with Crippen LogP contribution in [0.1, 0.15) is 29.5 Å². The van der Waals surface area contributed by atoms with Crippen LogP contribution in [0.3, 0.4) is 0 Å². The summed E-state index contributed by atoms with van der Waals surface area (Å²) < 4.78 is 5.79.